The van der Waals surface area contributed by atoms with Gasteiger partial charge >= 0.3 is 0 Å². The van der Waals surface area contributed by atoms with E-state index in [0.717, 1.165) is 23.0 Å². The van der Waals surface area contributed by atoms with E-state index in [2.05, 4.69) is 10.3 Å². The molecule has 3 rings (SSSR count). The molecule has 0 bridgehead atoms. The highest BCUT2D eigenvalue weighted by molar-refractivity contribution is 5.55. The number of nitrogens with zero attached hydrogens (tertiary/aromatic N) is 2. The van der Waals surface area contributed by atoms with E-state index in [1.165, 1.54) is 0 Å². The van der Waals surface area contributed by atoms with Crippen LogP contribution in [-0.4, -0.2) is 16.3 Å². The van der Waals surface area contributed by atoms with Crippen LogP contribution in [0, 0.1) is 0 Å². The van der Waals surface area contributed by atoms with E-state index < -0.39 is 0 Å². The third kappa shape index (κ3) is 1.91. The lowest BCUT2D eigenvalue weighted by molar-refractivity contribution is 0.174. The molecule has 0 unspecified atom stereocenters. The average molecular weight is 231 g/mol. The quantitative estimate of drug-likeness (QED) is 0.874. The summed E-state index contributed by atoms with van der Waals surface area (Å²) in [5.41, 5.74) is 0.997. The van der Waals surface area contributed by atoms with Crippen LogP contribution in [0.15, 0.2) is 30.6 Å². The monoisotopic (exact) mass is 231 g/mol. The summed E-state index contributed by atoms with van der Waals surface area (Å²) < 4.78 is 12.6. The minimum Gasteiger partial charge on any atom is -0.454 e. The zero-order valence-electron chi connectivity index (χ0n) is 9.51. The summed E-state index contributed by atoms with van der Waals surface area (Å²) in [7, 11) is 1.98. The molecule has 1 aromatic heterocycles. The van der Waals surface area contributed by atoms with E-state index in [1.807, 2.05) is 36.0 Å². The first-order valence-electron chi connectivity index (χ1n) is 5.42. The zero-order valence-corrected chi connectivity index (χ0v) is 9.51. The topological polar surface area (TPSA) is 48.3 Å². The first kappa shape index (κ1) is 10.0. The molecule has 2 heterocycles. The Balaban J connectivity index is 1.72. The molecule has 0 fully saturated rings. The summed E-state index contributed by atoms with van der Waals surface area (Å²) in [6.45, 7) is 0.987. The van der Waals surface area contributed by atoms with E-state index in [1.54, 1.807) is 6.20 Å². The number of ether oxygens (including phenoxy) is 2. The van der Waals surface area contributed by atoms with Crippen molar-refractivity contribution in [1.82, 2.24) is 9.55 Å². The molecular formula is C12H13N3O2. The van der Waals surface area contributed by atoms with Crippen LogP contribution in [0.25, 0.3) is 0 Å². The normalized spacial score (nSPS) is 12.8. The number of imidazole rings is 1. The molecule has 0 aliphatic carbocycles. The van der Waals surface area contributed by atoms with Gasteiger partial charge < -0.3 is 19.4 Å². The van der Waals surface area contributed by atoms with Gasteiger partial charge in [-0.05, 0) is 12.1 Å². The van der Waals surface area contributed by atoms with E-state index in [4.69, 9.17) is 9.47 Å². The Morgan fingerprint density at radius 1 is 1.35 bits per heavy atom. The van der Waals surface area contributed by atoms with Crippen LogP contribution >= 0.6 is 0 Å². The lowest BCUT2D eigenvalue weighted by Gasteiger charge is -2.07. The molecule has 2 aromatic rings. The van der Waals surface area contributed by atoms with Crippen LogP contribution in [0.2, 0.25) is 0 Å². The smallest absolute Gasteiger partial charge is 0.231 e. The second-order valence-corrected chi connectivity index (χ2v) is 3.88. The maximum atomic E-state index is 5.32. The van der Waals surface area contributed by atoms with Crippen molar-refractivity contribution in [2.75, 3.05) is 12.1 Å². The van der Waals surface area contributed by atoms with Crippen molar-refractivity contribution in [2.24, 2.45) is 7.05 Å². The molecular weight excluding hydrogens is 218 g/mol. The summed E-state index contributed by atoms with van der Waals surface area (Å²) in [6, 6.07) is 5.81. The Kier molecular flexibility index (Phi) is 2.36. The Hall–Kier alpha value is -2.17. The van der Waals surface area contributed by atoms with Gasteiger partial charge in [0.2, 0.25) is 6.79 Å². The van der Waals surface area contributed by atoms with Crippen LogP contribution in [-0.2, 0) is 13.6 Å². The molecule has 0 spiro atoms. The number of hydrogen-bond donors (Lipinski definition) is 1. The Morgan fingerprint density at radius 3 is 3.06 bits per heavy atom. The maximum absolute atomic E-state index is 5.32. The summed E-state index contributed by atoms with van der Waals surface area (Å²) in [5, 5.41) is 3.30. The van der Waals surface area contributed by atoms with Crippen molar-refractivity contribution in [3.05, 3.63) is 36.4 Å². The van der Waals surface area contributed by atoms with Gasteiger partial charge in [0, 0.05) is 31.2 Å². The summed E-state index contributed by atoms with van der Waals surface area (Å²) in [4.78, 5) is 4.25. The highest BCUT2D eigenvalue weighted by Gasteiger charge is 2.13. The van der Waals surface area contributed by atoms with Crippen molar-refractivity contribution in [2.45, 2.75) is 6.54 Å². The summed E-state index contributed by atoms with van der Waals surface area (Å²) >= 11 is 0. The molecule has 88 valence electrons. The first-order chi connectivity index (χ1) is 8.33. The third-order valence-electron chi connectivity index (χ3n) is 2.74. The van der Waals surface area contributed by atoms with Crippen LogP contribution in [0.3, 0.4) is 0 Å². The van der Waals surface area contributed by atoms with Crippen LogP contribution in [0.4, 0.5) is 5.69 Å². The summed E-state index contributed by atoms with van der Waals surface area (Å²) in [5.74, 6) is 2.57. The number of rotatable bonds is 3. The molecule has 0 atom stereocenters. The molecule has 1 N–H and O–H groups in total. The highest BCUT2D eigenvalue weighted by atomic mass is 16.7. The predicted molar refractivity (Wildman–Crippen MR) is 63.1 cm³/mol. The number of aryl methyl sites for hydroxylation is 1. The van der Waals surface area contributed by atoms with E-state index in [9.17, 15) is 0 Å². The van der Waals surface area contributed by atoms with Crippen molar-refractivity contribution >= 4 is 5.69 Å². The third-order valence-corrected chi connectivity index (χ3v) is 2.74. The zero-order chi connectivity index (χ0) is 11.7. The van der Waals surface area contributed by atoms with Crippen molar-refractivity contribution < 1.29 is 9.47 Å². The largest absolute Gasteiger partial charge is 0.454 e. The number of hydrogen-bond acceptors (Lipinski definition) is 4. The second kappa shape index (κ2) is 4.01. The lowest BCUT2D eigenvalue weighted by Crippen LogP contribution is -2.05. The molecule has 1 aliphatic heterocycles. The van der Waals surface area contributed by atoms with E-state index in [-0.39, 0.29) is 0 Å². The standard InChI is InChI=1S/C12H13N3O2/c1-15-5-4-13-12(15)7-14-9-2-3-10-11(6-9)17-8-16-10/h2-6,14H,7-8H2,1H3. The molecule has 17 heavy (non-hydrogen) atoms. The molecule has 0 amide bonds. The number of aromatic nitrogens is 2. The average Bonchev–Trinajstić information content (AvgIpc) is 2.94. The van der Waals surface area contributed by atoms with Gasteiger partial charge in [0.1, 0.15) is 5.82 Å². The molecule has 0 saturated carbocycles. The van der Waals surface area contributed by atoms with Gasteiger partial charge in [0.25, 0.3) is 0 Å². The number of fused-ring (bicyclic) bond motifs is 1. The number of nitrogens with one attached hydrogen (secondary N) is 1. The number of anilines is 1. The maximum Gasteiger partial charge on any atom is 0.231 e. The minimum atomic E-state index is 0.304. The fourth-order valence-electron chi connectivity index (χ4n) is 1.75. The Morgan fingerprint density at radius 2 is 2.24 bits per heavy atom. The Bertz CT molecular complexity index is 536. The van der Waals surface area contributed by atoms with Gasteiger partial charge in [0.05, 0.1) is 6.54 Å². The van der Waals surface area contributed by atoms with Crippen molar-refractivity contribution in [1.29, 1.82) is 0 Å². The minimum absolute atomic E-state index is 0.304. The van der Waals surface area contributed by atoms with Crippen LogP contribution in [0.5, 0.6) is 11.5 Å². The van der Waals surface area contributed by atoms with E-state index >= 15 is 0 Å². The Labute approximate surface area is 99.0 Å². The van der Waals surface area contributed by atoms with E-state index in [0.29, 0.717) is 13.3 Å². The van der Waals surface area contributed by atoms with Crippen LogP contribution in [0.1, 0.15) is 5.82 Å². The van der Waals surface area contributed by atoms with Gasteiger partial charge in [0.15, 0.2) is 11.5 Å². The van der Waals surface area contributed by atoms with Crippen LogP contribution < -0.4 is 14.8 Å². The van der Waals surface area contributed by atoms with Gasteiger partial charge in [-0.1, -0.05) is 0 Å². The SMILES string of the molecule is Cn1ccnc1CNc1ccc2c(c1)OCO2. The molecule has 5 heteroatoms. The molecule has 0 radical (unpaired) electrons. The van der Waals surface area contributed by atoms with Crippen molar-refractivity contribution in [3.63, 3.8) is 0 Å². The van der Waals surface area contributed by atoms with Gasteiger partial charge in [-0.25, -0.2) is 4.98 Å². The summed E-state index contributed by atoms with van der Waals surface area (Å²) in [6.07, 6.45) is 3.72. The van der Waals surface area contributed by atoms with Crippen molar-refractivity contribution in [3.8, 4) is 11.5 Å². The van der Waals surface area contributed by atoms with Gasteiger partial charge in [-0.3, -0.25) is 0 Å². The highest BCUT2D eigenvalue weighted by Crippen LogP contribution is 2.34. The van der Waals surface area contributed by atoms with Gasteiger partial charge in [-0.15, -0.1) is 0 Å². The molecule has 0 saturated heterocycles. The molecule has 1 aliphatic rings. The molecule has 5 nitrogen and oxygen atoms in total. The predicted octanol–water partition coefficient (Wildman–Crippen LogP) is 1.76. The fraction of sp³-hybridized carbons (Fsp3) is 0.250. The first-order valence-corrected chi connectivity index (χ1v) is 5.42. The fourth-order valence-corrected chi connectivity index (χ4v) is 1.75. The second-order valence-electron chi connectivity index (χ2n) is 3.88. The number of benzene rings is 1. The molecule has 1 aromatic carbocycles. The van der Waals surface area contributed by atoms with Gasteiger partial charge in [-0.2, -0.15) is 0 Å². The lowest BCUT2D eigenvalue weighted by atomic mass is 10.3.